The number of ether oxygens (including phenoxy) is 2. The highest BCUT2D eigenvalue weighted by Gasteiger charge is 2.18. The highest BCUT2D eigenvalue weighted by atomic mass is 16.6. The second-order valence-corrected chi connectivity index (χ2v) is 7.58. The minimum atomic E-state index is -0.617. The van der Waals surface area contributed by atoms with Crippen LogP contribution < -0.4 is 15.4 Å². The number of hydrogen-bond acceptors (Lipinski definition) is 4. The van der Waals surface area contributed by atoms with E-state index in [-0.39, 0.29) is 5.91 Å². The molecule has 0 aromatic heterocycles. The van der Waals surface area contributed by atoms with Crippen molar-refractivity contribution in [2.45, 2.75) is 46.1 Å². The van der Waals surface area contributed by atoms with E-state index in [1.54, 1.807) is 46.1 Å². The molecule has 0 unspecified atom stereocenters. The minimum absolute atomic E-state index is 0.151. The lowest BCUT2D eigenvalue weighted by Gasteiger charge is -2.20. The molecule has 0 atom stereocenters. The van der Waals surface area contributed by atoms with Crippen LogP contribution >= 0.6 is 0 Å². The molecule has 0 aliphatic rings. The van der Waals surface area contributed by atoms with Gasteiger partial charge in [0.05, 0.1) is 18.5 Å². The van der Waals surface area contributed by atoms with E-state index >= 15 is 0 Å². The number of methoxy groups -OCH3 is 1. The number of hydrogen-bond donors (Lipinski definition) is 2. The summed E-state index contributed by atoms with van der Waals surface area (Å²) in [5.41, 5.74) is 2.55. The molecule has 150 valence electrons. The standard InChI is InChI=1S/C22H28N2O4/c1-15-7-6-8-16(13-15)9-12-20(25)23-19-14-17(27-5)10-11-18(19)24-21(26)28-22(2,3)4/h6-8,10-11,13-14H,9,12H2,1-5H3,(H,23,25)(H,24,26). The first-order chi connectivity index (χ1) is 13.2. The number of anilines is 2. The summed E-state index contributed by atoms with van der Waals surface area (Å²) in [5, 5.41) is 5.52. The molecule has 0 saturated heterocycles. The second kappa shape index (κ2) is 9.26. The van der Waals surface area contributed by atoms with Gasteiger partial charge < -0.3 is 14.8 Å². The molecule has 0 fully saturated rings. The molecule has 0 spiro atoms. The van der Waals surface area contributed by atoms with Crippen LogP contribution in [0.25, 0.3) is 0 Å². The second-order valence-electron chi connectivity index (χ2n) is 7.58. The molecule has 0 saturated carbocycles. The Hall–Kier alpha value is -3.02. The first-order valence-corrected chi connectivity index (χ1v) is 9.20. The zero-order valence-corrected chi connectivity index (χ0v) is 17.1. The molecule has 0 aliphatic heterocycles. The van der Waals surface area contributed by atoms with Gasteiger partial charge in [-0.25, -0.2) is 4.79 Å². The first-order valence-electron chi connectivity index (χ1n) is 9.20. The third kappa shape index (κ3) is 6.95. The minimum Gasteiger partial charge on any atom is -0.497 e. The highest BCUT2D eigenvalue weighted by Crippen LogP contribution is 2.28. The fourth-order valence-corrected chi connectivity index (χ4v) is 2.61. The summed E-state index contributed by atoms with van der Waals surface area (Å²) in [4.78, 5) is 24.5. The Labute approximate surface area is 166 Å². The molecular weight excluding hydrogens is 356 g/mol. The molecule has 2 N–H and O–H groups in total. The number of aryl methyl sites for hydroxylation is 2. The van der Waals surface area contributed by atoms with Crippen LogP contribution in [0.4, 0.5) is 16.2 Å². The van der Waals surface area contributed by atoms with Gasteiger partial charge in [-0.2, -0.15) is 0 Å². The van der Waals surface area contributed by atoms with Crippen LogP contribution in [0.5, 0.6) is 5.75 Å². The number of carbonyl (C=O) groups is 2. The third-order valence-corrected chi connectivity index (χ3v) is 3.86. The molecule has 2 amide bonds. The van der Waals surface area contributed by atoms with E-state index < -0.39 is 11.7 Å². The molecule has 0 aliphatic carbocycles. The summed E-state index contributed by atoms with van der Waals surface area (Å²) < 4.78 is 10.5. The monoisotopic (exact) mass is 384 g/mol. The summed E-state index contributed by atoms with van der Waals surface area (Å²) in [6.07, 6.45) is 0.367. The van der Waals surface area contributed by atoms with Gasteiger partial charge in [0.1, 0.15) is 11.4 Å². The van der Waals surface area contributed by atoms with Crippen molar-refractivity contribution in [3.05, 3.63) is 53.6 Å². The Bertz CT molecular complexity index is 841. The van der Waals surface area contributed by atoms with E-state index in [0.29, 0.717) is 30.0 Å². The molecular formula is C22H28N2O4. The maximum absolute atomic E-state index is 12.4. The Morgan fingerprint density at radius 3 is 2.39 bits per heavy atom. The van der Waals surface area contributed by atoms with Gasteiger partial charge in [-0.05, 0) is 51.8 Å². The molecule has 2 rings (SSSR count). The topological polar surface area (TPSA) is 76.7 Å². The van der Waals surface area contributed by atoms with Gasteiger partial charge in [-0.1, -0.05) is 29.8 Å². The fraction of sp³-hybridized carbons (Fsp3) is 0.364. The first kappa shape index (κ1) is 21.3. The lowest BCUT2D eigenvalue weighted by molar-refractivity contribution is -0.116. The molecule has 0 bridgehead atoms. The highest BCUT2D eigenvalue weighted by molar-refractivity contribution is 5.98. The number of amides is 2. The zero-order chi connectivity index (χ0) is 20.7. The Morgan fingerprint density at radius 1 is 1.00 bits per heavy atom. The van der Waals surface area contributed by atoms with E-state index in [9.17, 15) is 9.59 Å². The van der Waals surface area contributed by atoms with Crippen LogP contribution in [0.3, 0.4) is 0 Å². The van der Waals surface area contributed by atoms with E-state index in [1.165, 1.54) is 0 Å². The Kier molecular flexibility index (Phi) is 7.04. The molecule has 6 nitrogen and oxygen atoms in total. The molecule has 0 heterocycles. The van der Waals surface area contributed by atoms with Gasteiger partial charge in [0.25, 0.3) is 0 Å². The Balaban J connectivity index is 2.07. The fourth-order valence-electron chi connectivity index (χ4n) is 2.61. The van der Waals surface area contributed by atoms with Gasteiger partial charge in [0, 0.05) is 12.5 Å². The quantitative estimate of drug-likeness (QED) is 0.741. The number of rotatable bonds is 6. The van der Waals surface area contributed by atoms with Crippen molar-refractivity contribution >= 4 is 23.4 Å². The zero-order valence-electron chi connectivity index (χ0n) is 17.1. The van der Waals surface area contributed by atoms with Crippen molar-refractivity contribution in [3.8, 4) is 5.75 Å². The van der Waals surface area contributed by atoms with Crippen molar-refractivity contribution in [1.82, 2.24) is 0 Å². The van der Waals surface area contributed by atoms with Gasteiger partial charge in [-0.3, -0.25) is 10.1 Å². The predicted molar refractivity (Wildman–Crippen MR) is 111 cm³/mol. The lowest BCUT2D eigenvalue weighted by Crippen LogP contribution is -2.27. The molecule has 0 radical (unpaired) electrons. The van der Waals surface area contributed by atoms with E-state index in [4.69, 9.17) is 9.47 Å². The van der Waals surface area contributed by atoms with E-state index in [1.807, 2.05) is 25.1 Å². The molecule has 6 heteroatoms. The van der Waals surface area contributed by atoms with Crippen molar-refractivity contribution in [3.63, 3.8) is 0 Å². The van der Waals surface area contributed by atoms with Crippen molar-refractivity contribution in [2.24, 2.45) is 0 Å². The van der Waals surface area contributed by atoms with Crippen LogP contribution in [-0.2, 0) is 16.0 Å². The number of carbonyl (C=O) groups excluding carboxylic acids is 2. The van der Waals surface area contributed by atoms with Crippen molar-refractivity contribution in [1.29, 1.82) is 0 Å². The average Bonchev–Trinajstić information content (AvgIpc) is 2.60. The normalized spacial score (nSPS) is 10.9. The average molecular weight is 384 g/mol. The van der Waals surface area contributed by atoms with Crippen LogP contribution in [0, 0.1) is 6.92 Å². The lowest BCUT2D eigenvalue weighted by atomic mass is 10.1. The van der Waals surface area contributed by atoms with Crippen LogP contribution in [-0.4, -0.2) is 24.7 Å². The van der Waals surface area contributed by atoms with Crippen molar-refractivity contribution < 1.29 is 19.1 Å². The summed E-state index contributed by atoms with van der Waals surface area (Å²) in [7, 11) is 1.54. The summed E-state index contributed by atoms with van der Waals surface area (Å²) in [5.74, 6) is 0.422. The number of nitrogens with one attached hydrogen (secondary N) is 2. The van der Waals surface area contributed by atoms with Crippen LogP contribution in [0.2, 0.25) is 0 Å². The van der Waals surface area contributed by atoms with E-state index in [0.717, 1.165) is 11.1 Å². The predicted octanol–water partition coefficient (Wildman–Crippen LogP) is 4.92. The van der Waals surface area contributed by atoms with Gasteiger partial charge in [-0.15, -0.1) is 0 Å². The van der Waals surface area contributed by atoms with Crippen molar-refractivity contribution in [2.75, 3.05) is 17.7 Å². The molecule has 28 heavy (non-hydrogen) atoms. The maximum Gasteiger partial charge on any atom is 0.412 e. The molecule has 2 aromatic rings. The van der Waals surface area contributed by atoms with E-state index in [2.05, 4.69) is 16.7 Å². The van der Waals surface area contributed by atoms with Gasteiger partial charge in [0.15, 0.2) is 0 Å². The molecule has 2 aromatic carbocycles. The number of benzene rings is 2. The van der Waals surface area contributed by atoms with Crippen LogP contribution in [0.15, 0.2) is 42.5 Å². The smallest absolute Gasteiger partial charge is 0.412 e. The summed E-state index contributed by atoms with van der Waals surface area (Å²) >= 11 is 0. The van der Waals surface area contributed by atoms with Gasteiger partial charge >= 0.3 is 6.09 Å². The SMILES string of the molecule is COc1ccc(NC(=O)OC(C)(C)C)c(NC(=O)CCc2cccc(C)c2)c1. The maximum atomic E-state index is 12.4. The summed E-state index contributed by atoms with van der Waals surface area (Å²) in [6, 6.07) is 13.1. The third-order valence-electron chi connectivity index (χ3n) is 3.86. The largest absolute Gasteiger partial charge is 0.497 e. The Morgan fingerprint density at radius 2 is 1.75 bits per heavy atom. The van der Waals surface area contributed by atoms with Gasteiger partial charge in [0.2, 0.25) is 5.91 Å². The summed E-state index contributed by atoms with van der Waals surface area (Å²) in [6.45, 7) is 7.38. The van der Waals surface area contributed by atoms with Crippen LogP contribution in [0.1, 0.15) is 38.3 Å².